The summed E-state index contributed by atoms with van der Waals surface area (Å²) in [6, 6.07) is 3.04. The predicted octanol–water partition coefficient (Wildman–Crippen LogP) is 1.58. The van der Waals surface area contributed by atoms with Gasteiger partial charge in [-0.15, -0.1) is 0 Å². The van der Waals surface area contributed by atoms with E-state index in [1.54, 1.807) is 6.07 Å². The maximum atomic E-state index is 13.4. The highest BCUT2D eigenvalue weighted by Crippen LogP contribution is 2.37. The highest BCUT2D eigenvalue weighted by Gasteiger charge is 2.45. The summed E-state index contributed by atoms with van der Waals surface area (Å²) in [5.41, 5.74) is -0.307. The van der Waals surface area contributed by atoms with Crippen LogP contribution in [0.4, 0.5) is 17.3 Å². The first kappa shape index (κ1) is 19.7. The molecule has 3 aliphatic rings. The quantitative estimate of drug-likeness (QED) is 0.572. The van der Waals surface area contributed by atoms with E-state index in [9.17, 15) is 19.5 Å². The molecule has 0 saturated heterocycles. The van der Waals surface area contributed by atoms with Crippen molar-refractivity contribution in [1.29, 1.82) is 0 Å². The van der Waals surface area contributed by atoms with Crippen LogP contribution in [0.5, 0.6) is 0 Å². The molecule has 5 rings (SSSR count). The van der Waals surface area contributed by atoms with Gasteiger partial charge in [-0.3, -0.25) is 19.0 Å². The van der Waals surface area contributed by atoms with E-state index in [2.05, 4.69) is 25.9 Å². The molecule has 0 unspecified atom stereocenters. The van der Waals surface area contributed by atoms with Crippen molar-refractivity contribution in [2.75, 3.05) is 10.6 Å². The van der Waals surface area contributed by atoms with Gasteiger partial charge in [0, 0.05) is 17.5 Å². The van der Waals surface area contributed by atoms with Crippen LogP contribution < -0.4 is 21.5 Å². The fraction of sp³-hybridized carbons (Fsp3) is 0.476. The molecular weight excluding hydrogens is 400 g/mol. The second-order valence-corrected chi connectivity index (χ2v) is 8.45. The lowest BCUT2D eigenvalue weighted by molar-refractivity contribution is -0.117. The SMILES string of the molecule is O=C1NC2(CCCCC2)n2c1c(CO)cc(Nc1cc(NC(=O)C3CC3)ncn1)c2=O. The largest absolute Gasteiger partial charge is 0.392 e. The summed E-state index contributed by atoms with van der Waals surface area (Å²) in [5, 5.41) is 18.6. The molecule has 2 fully saturated rings. The van der Waals surface area contributed by atoms with E-state index < -0.39 is 5.66 Å². The molecule has 0 atom stereocenters. The number of rotatable bonds is 5. The van der Waals surface area contributed by atoms with Gasteiger partial charge in [-0.25, -0.2) is 9.97 Å². The predicted molar refractivity (Wildman–Crippen MR) is 112 cm³/mol. The Balaban J connectivity index is 1.51. The standard InChI is InChI=1S/C21H24N6O4/c28-10-13-8-14(24-15-9-16(23-11-22-15)25-18(29)12-4-5-12)20(31)27-17(13)19(30)26-21(27)6-2-1-3-7-21/h8-9,11-12,28H,1-7,10H2,(H,26,30)(H2,22,23,24,25,29). The summed E-state index contributed by atoms with van der Waals surface area (Å²) in [5.74, 6) is 0.308. The monoisotopic (exact) mass is 424 g/mol. The second-order valence-electron chi connectivity index (χ2n) is 8.45. The van der Waals surface area contributed by atoms with Crippen molar-refractivity contribution in [3.8, 4) is 0 Å². The van der Waals surface area contributed by atoms with Gasteiger partial charge in [-0.1, -0.05) is 6.42 Å². The van der Waals surface area contributed by atoms with Gasteiger partial charge in [0.25, 0.3) is 11.5 Å². The Bertz CT molecular complexity index is 1120. The Morgan fingerprint density at radius 3 is 2.61 bits per heavy atom. The van der Waals surface area contributed by atoms with Crippen molar-refractivity contribution in [2.24, 2.45) is 5.92 Å². The zero-order valence-electron chi connectivity index (χ0n) is 17.0. The van der Waals surface area contributed by atoms with Crippen molar-refractivity contribution < 1.29 is 14.7 Å². The average molecular weight is 424 g/mol. The van der Waals surface area contributed by atoms with Gasteiger partial charge >= 0.3 is 0 Å². The summed E-state index contributed by atoms with van der Waals surface area (Å²) in [6.07, 6.45) is 7.29. The number of amides is 2. The Morgan fingerprint density at radius 1 is 1.16 bits per heavy atom. The molecule has 3 heterocycles. The third-order valence-electron chi connectivity index (χ3n) is 6.25. The molecule has 10 nitrogen and oxygen atoms in total. The first-order valence-corrected chi connectivity index (χ1v) is 10.6. The normalized spacial score (nSPS) is 19.1. The molecule has 2 aliphatic carbocycles. The lowest BCUT2D eigenvalue weighted by atomic mass is 9.89. The van der Waals surface area contributed by atoms with Gasteiger partial charge < -0.3 is 21.1 Å². The molecule has 1 aliphatic heterocycles. The van der Waals surface area contributed by atoms with Crippen LogP contribution in [-0.2, 0) is 17.1 Å². The van der Waals surface area contributed by atoms with Gasteiger partial charge in [0.1, 0.15) is 35.0 Å². The van der Waals surface area contributed by atoms with Gasteiger partial charge in [0.05, 0.1) is 6.61 Å². The van der Waals surface area contributed by atoms with E-state index in [4.69, 9.17) is 0 Å². The van der Waals surface area contributed by atoms with Crippen LogP contribution in [0.3, 0.4) is 0 Å². The van der Waals surface area contributed by atoms with Gasteiger partial charge in [0.15, 0.2) is 0 Å². The fourth-order valence-electron chi connectivity index (χ4n) is 4.55. The first-order chi connectivity index (χ1) is 15.0. The van der Waals surface area contributed by atoms with Gasteiger partial charge in [-0.2, -0.15) is 0 Å². The molecular formula is C21H24N6O4. The number of aliphatic hydroxyl groups excluding tert-OH is 1. The highest BCUT2D eigenvalue weighted by molar-refractivity contribution is 5.97. The van der Waals surface area contributed by atoms with E-state index in [1.165, 1.54) is 17.0 Å². The molecule has 2 amide bonds. The number of anilines is 3. The van der Waals surface area contributed by atoms with Crippen molar-refractivity contribution in [3.63, 3.8) is 0 Å². The smallest absolute Gasteiger partial charge is 0.276 e. The number of carbonyl (C=O) groups is 2. The minimum Gasteiger partial charge on any atom is -0.392 e. The summed E-state index contributed by atoms with van der Waals surface area (Å²) >= 11 is 0. The number of pyridine rings is 1. The number of hydrogen-bond acceptors (Lipinski definition) is 7. The Hall–Kier alpha value is -3.27. The molecule has 2 saturated carbocycles. The van der Waals surface area contributed by atoms with E-state index >= 15 is 0 Å². The highest BCUT2D eigenvalue weighted by atomic mass is 16.3. The molecule has 0 bridgehead atoms. The number of nitrogens with zero attached hydrogens (tertiary/aromatic N) is 3. The third kappa shape index (κ3) is 3.46. The summed E-state index contributed by atoms with van der Waals surface area (Å²) in [4.78, 5) is 46.3. The minimum atomic E-state index is -0.752. The molecule has 31 heavy (non-hydrogen) atoms. The number of carbonyl (C=O) groups excluding carboxylic acids is 2. The van der Waals surface area contributed by atoms with E-state index in [0.717, 1.165) is 32.1 Å². The first-order valence-electron chi connectivity index (χ1n) is 10.6. The molecule has 1 spiro atoms. The molecule has 2 aromatic rings. The number of aliphatic hydroxyl groups is 1. The summed E-state index contributed by atoms with van der Waals surface area (Å²) in [7, 11) is 0. The molecule has 4 N–H and O–H groups in total. The number of hydrogen-bond donors (Lipinski definition) is 4. The lowest BCUT2D eigenvalue weighted by Crippen LogP contribution is -2.48. The average Bonchev–Trinajstić information content (AvgIpc) is 3.57. The zero-order valence-corrected chi connectivity index (χ0v) is 17.0. The molecule has 0 radical (unpaired) electrons. The summed E-state index contributed by atoms with van der Waals surface area (Å²) in [6.45, 7) is -0.375. The molecule has 162 valence electrons. The Labute approximate surface area is 178 Å². The third-order valence-corrected chi connectivity index (χ3v) is 6.25. The van der Waals surface area contributed by atoms with E-state index in [0.29, 0.717) is 30.0 Å². The number of fused-ring (bicyclic) bond motifs is 2. The lowest BCUT2D eigenvalue weighted by Gasteiger charge is -2.35. The van der Waals surface area contributed by atoms with E-state index in [1.807, 2.05) is 0 Å². The molecule has 2 aromatic heterocycles. The van der Waals surface area contributed by atoms with Gasteiger partial charge in [0.2, 0.25) is 5.91 Å². The second kappa shape index (κ2) is 7.45. The van der Waals surface area contributed by atoms with Crippen LogP contribution in [0.2, 0.25) is 0 Å². The molecule has 0 aromatic carbocycles. The van der Waals surface area contributed by atoms with Crippen molar-refractivity contribution in [2.45, 2.75) is 57.2 Å². The van der Waals surface area contributed by atoms with Crippen LogP contribution in [-0.4, -0.2) is 31.5 Å². The minimum absolute atomic E-state index is 0.0385. The van der Waals surface area contributed by atoms with Crippen LogP contribution in [0.15, 0.2) is 23.3 Å². The number of nitrogens with one attached hydrogen (secondary N) is 3. The van der Waals surface area contributed by atoms with Crippen molar-refractivity contribution in [3.05, 3.63) is 40.1 Å². The maximum absolute atomic E-state index is 13.4. The van der Waals surface area contributed by atoms with Gasteiger partial charge in [-0.05, 0) is 44.6 Å². The van der Waals surface area contributed by atoms with Crippen molar-refractivity contribution in [1.82, 2.24) is 19.9 Å². The van der Waals surface area contributed by atoms with Crippen LogP contribution in [0.25, 0.3) is 0 Å². The van der Waals surface area contributed by atoms with Crippen molar-refractivity contribution >= 4 is 29.1 Å². The molecule has 10 heteroatoms. The van der Waals surface area contributed by atoms with Crippen LogP contribution >= 0.6 is 0 Å². The zero-order chi connectivity index (χ0) is 21.6. The Morgan fingerprint density at radius 2 is 1.90 bits per heavy atom. The Kier molecular flexibility index (Phi) is 4.73. The topological polar surface area (TPSA) is 138 Å². The van der Waals surface area contributed by atoms with E-state index in [-0.39, 0.29) is 41.3 Å². The number of aromatic nitrogens is 3. The van der Waals surface area contributed by atoms with Crippen LogP contribution in [0.1, 0.15) is 61.0 Å². The maximum Gasteiger partial charge on any atom is 0.276 e. The fourth-order valence-corrected chi connectivity index (χ4v) is 4.55. The van der Waals surface area contributed by atoms with Crippen LogP contribution in [0, 0.1) is 5.92 Å². The summed E-state index contributed by atoms with van der Waals surface area (Å²) < 4.78 is 1.51.